The molecule has 2 heterocycles. The molecule has 2 aliphatic carbocycles. The van der Waals surface area contributed by atoms with Gasteiger partial charge in [-0.2, -0.15) is 0 Å². The molecule has 0 saturated carbocycles. The molecule has 0 spiro atoms. The van der Waals surface area contributed by atoms with Gasteiger partial charge in [-0.15, -0.1) is 0 Å². The lowest BCUT2D eigenvalue weighted by atomic mass is 9.81. The molecule has 2 aliphatic rings. The Balaban J connectivity index is 1.12. The van der Waals surface area contributed by atoms with Crippen molar-refractivity contribution in [3.05, 3.63) is 180 Å². The van der Waals surface area contributed by atoms with E-state index in [2.05, 4.69) is 183 Å². The summed E-state index contributed by atoms with van der Waals surface area (Å²) in [6.07, 6.45) is 6.39. The van der Waals surface area contributed by atoms with Gasteiger partial charge in [-0.3, -0.25) is 0 Å². The molecule has 54 heavy (non-hydrogen) atoms. The highest BCUT2D eigenvalue weighted by Gasteiger charge is 2.36. The van der Waals surface area contributed by atoms with Crippen LogP contribution in [0.2, 0.25) is 0 Å². The maximum Gasteiger partial charge on any atom is 0.144 e. The number of anilines is 3. The average molecular weight is 696 g/mol. The lowest BCUT2D eigenvalue weighted by molar-refractivity contribution is 0.546. The van der Waals surface area contributed by atoms with Crippen molar-refractivity contribution < 1.29 is 8.83 Å². The van der Waals surface area contributed by atoms with Crippen LogP contribution in [-0.2, 0) is 11.8 Å². The van der Waals surface area contributed by atoms with Crippen molar-refractivity contribution in [3.63, 3.8) is 0 Å². The van der Waals surface area contributed by atoms with Crippen LogP contribution in [0.15, 0.2) is 167 Å². The summed E-state index contributed by atoms with van der Waals surface area (Å²) >= 11 is 0. The summed E-state index contributed by atoms with van der Waals surface area (Å²) in [7, 11) is 0. The Morgan fingerprint density at radius 2 is 1.22 bits per heavy atom. The fourth-order valence-corrected chi connectivity index (χ4v) is 9.06. The number of nitrogens with zero attached hydrogens (tertiary/aromatic N) is 1. The molecule has 9 aromatic rings. The first-order chi connectivity index (χ1) is 26.5. The minimum Gasteiger partial charge on any atom is -0.460 e. The van der Waals surface area contributed by atoms with E-state index in [-0.39, 0.29) is 5.41 Å². The quantitative estimate of drug-likeness (QED) is 0.179. The molecule has 7 aromatic carbocycles. The van der Waals surface area contributed by atoms with Crippen LogP contribution in [0.1, 0.15) is 42.7 Å². The van der Waals surface area contributed by atoms with Crippen molar-refractivity contribution >= 4 is 56.0 Å². The summed E-state index contributed by atoms with van der Waals surface area (Å²) in [4.78, 5) is 2.32. The molecule has 3 heteroatoms. The van der Waals surface area contributed by atoms with Crippen LogP contribution in [-0.4, -0.2) is 0 Å². The SMILES string of the molecule is CC1(C)c2ccccc2-c2ccc(-c3c4oc5ccc(N(c6ccccc6)c6ccc(-c7ccccc7)cc6)cc5c4cc4oc5c(c34)C=CCC5)cc21. The maximum absolute atomic E-state index is 6.97. The van der Waals surface area contributed by atoms with Crippen LogP contribution in [0.25, 0.3) is 72.4 Å². The zero-order valence-electron chi connectivity index (χ0n) is 30.3. The Kier molecular flexibility index (Phi) is 6.72. The fraction of sp³-hybridized carbons (Fsp3) is 0.0980. The number of aryl methyl sites for hydroxylation is 1. The molecule has 2 aromatic heterocycles. The normalized spacial score (nSPS) is 14.0. The summed E-state index contributed by atoms with van der Waals surface area (Å²) in [5.41, 5.74) is 16.9. The average Bonchev–Trinajstić information content (AvgIpc) is 3.85. The van der Waals surface area contributed by atoms with Crippen LogP contribution in [0.4, 0.5) is 17.1 Å². The Morgan fingerprint density at radius 3 is 2.06 bits per heavy atom. The lowest BCUT2D eigenvalue weighted by Crippen LogP contribution is -2.14. The lowest BCUT2D eigenvalue weighted by Gasteiger charge is -2.25. The van der Waals surface area contributed by atoms with E-state index < -0.39 is 0 Å². The minimum absolute atomic E-state index is 0.117. The van der Waals surface area contributed by atoms with Crippen LogP contribution < -0.4 is 4.90 Å². The molecular weight excluding hydrogens is 659 g/mol. The Morgan fingerprint density at radius 1 is 0.537 bits per heavy atom. The molecule has 0 N–H and O–H groups in total. The molecule has 258 valence electrons. The second-order valence-electron chi connectivity index (χ2n) is 15.2. The van der Waals surface area contributed by atoms with Crippen molar-refractivity contribution in [2.45, 2.75) is 32.1 Å². The molecular formula is C51H37NO2. The Labute approximate surface area is 314 Å². The van der Waals surface area contributed by atoms with Crippen molar-refractivity contribution in [1.82, 2.24) is 0 Å². The number of furan rings is 2. The highest BCUT2D eigenvalue weighted by atomic mass is 16.3. The predicted molar refractivity (Wildman–Crippen MR) is 224 cm³/mol. The number of para-hydroxylation sites is 1. The van der Waals surface area contributed by atoms with E-state index in [1.54, 1.807) is 0 Å². The third kappa shape index (κ3) is 4.61. The van der Waals surface area contributed by atoms with E-state index in [1.165, 1.54) is 38.9 Å². The number of rotatable bonds is 5. The number of allylic oxidation sites excluding steroid dienone is 1. The van der Waals surface area contributed by atoms with E-state index in [1.807, 2.05) is 0 Å². The molecule has 0 fully saturated rings. The monoisotopic (exact) mass is 695 g/mol. The maximum atomic E-state index is 6.97. The second kappa shape index (κ2) is 11.7. The molecule has 0 amide bonds. The largest absolute Gasteiger partial charge is 0.460 e. The summed E-state index contributed by atoms with van der Waals surface area (Å²) in [6, 6.07) is 54.6. The van der Waals surface area contributed by atoms with Crippen molar-refractivity contribution in [3.8, 4) is 33.4 Å². The first-order valence-electron chi connectivity index (χ1n) is 18.9. The van der Waals surface area contributed by atoms with Gasteiger partial charge in [0, 0.05) is 56.2 Å². The number of benzene rings is 7. The fourth-order valence-electron chi connectivity index (χ4n) is 9.06. The van der Waals surface area contributed by atoms with E-state index >= 15 is 0 Å². The van der Waals surface area contributed by atoms with Gasteiger partial charge in [-0.25, -0.2) is 0 Å². The number of hydrogen-bond donors (Lipinski definition) is 0. The van der Waals surface area contributed by atoms with Gasteiger partial charge in [0.15, 0.2) is 0 Å². The molecule has 0 unspecified atom stereocenters. The van der Waals surface area contributed by atoms with Gasteiger partial charge in [0.2, 0.25) is 0 Å². The van der Waals surface area contributed by atoms with Crippen molar-refractivity contribution in [1.29, 1.82) is 0 Å². The highest BCUT2D eigenvalue weighted by Crippen LogP contribution is 2.52. The van der Waals surface area contributed by atoms with Crippen molar-refractivity contribution in [2.75, 3.05) is 4.90 Å². The molecule has 0 aliphatic heterocycles. The van der Waals surface area contributed by atoms with Gasteiger partial charge in [0.25, 0.3) is 0 Å². The zero-order chi connectivity index (χ0) is 36.0. The van der Waals surface area contributed by atoms with Crippen LogP contribution in [0, 0.1) is 0 Å². The number of fused-ring (bicyclic) bond motifs is 9. The zero-order valence-corrected chi connectivity index (χ0v) is 30.3. The number of hydrogen-bond acceptors (Lipinski definition) is 3. The van der Waals surface area contributed by atoms with E-state index in [0.717, 1.165) is 79.7 Å². The van der Waals surface area contributed by atoms with E-state index in [0.29, 0.717) is 0 Å². The third-order valence-corrected chi connectivity index (χ3v) is 11.7. The van der Waals surface area contributed by atoms with Gasteiger partial charge in [-0.05, 0) is 100.0 Å². The van der Waals surface area contributed by atoms with E-state index in [4.69, 9.17) is 8.83 Å². The Bertz CT molecular complexity index is 2940. The van der Waals surface area contributed by atoms with Gasteiger partial charge >= 0.3 is 0 Å². The van der Waals surface area contributed by atoms with Crippen LogP contribution in [0.5, 0.6) is 0 Å². The molecule has 0 saturated heterocycles. The predicted octanol–water partition coefficient (Wildman–Crippen LogP) is 14.4. The highest BCUT2D eigenvalue weighted by molar-refractivity contribution is 6.20. The molecule has 3 nitrogen and oxygen atoms in total. The second-order valence-corrected chi connectivity index (χ2v) is 15.2. The molecule has 0 radical (unpaired) electrons. The first kappa shape index (κ1) is 31.0. The summed E-state index contributed by atoms with van der Waals surface area (Å²) in [6.45, 7) is 4.69. The van der Waals surface area contributed by atoms with Gasteiger partial charge in [0.1, 0.15) is 22.5 Å². The van der Waals surface area contributed by atoms with Gasteiger partial charge in [0.05, 0.1) is 0 Å². The van der Waals surface area contributed by atoms with Crippen LogP contribution in [0.3, 0.4) is 0 Å². The first-order valence-corrected chi connectivity index (χ1v) is 18.9. The standard InChI is InChI=1S/C51H37NO2/c1-51(2)43-19-11-9-17-38(43)39-27-23-34(29-44(39)51)48-49-40-18-10-12-20-45(40)53-47(49)31-42-41-30-37(26-28-46(41)54-50(42)48)52(35-15-7-4-8-16-35)36-24-21-33(22-25-36)32-13-5-3-6-14-32/h3-11,13-19,21-31H,12,20H2,1-2H3. The van der Waals surface area contributed by atoms with Gasteiger partial charge in [-0.1, -0.05) is 123 Å². The topological polar surface area (TPSA) is 29.5 Å². The molecule has 0 bridgehead atoms. The minimum atomic E-state index is -0.117. The summed E-state index contributed by atoms with van der Waals surface area (Å²) in [5, 5.41) is 3.25. The third-order valence-electron chi connectivity index (χ3n) is 11.7. The summed E-state index contributed by atoms with van der Waals surface area (Å²) in [5.74, 6) is 1.05. The molecule has 11 rings (SSSR count). The van der Waals surface area contributed by atoms with Gasteiger partial charge < -0.3 is 13.7 Å². The van der Waals surface area contributed by atoms with Crippen molar-refractivity contribution in [2.24, 2.45) is 0 Å². The molecule has 0 atom stereocenters. The smallest absolute Gasteiger partial charge is 0.144 e. The summed E-state index contributed by atoms with van der Waals surface area (Å²) < 4.78 is 13.7. The van der Waals surface area contributed by atoms with E-state index in [9.17, 15) is 0 Å². The van der Waals surface area contributed by atoms with Crippen LogP contribution >= 0.6 is 0 Å². The Hall–Kier alpha value is -6.58.